The lowest BCUT2D eigenvalue weighted by Gasteiger charge is -2.16. The van der Waals surface area contributed by atoms with Gasteiger partial charge in [-0.25, -0.2) is 0 Å². The fraction of sp³-hybridized carbons (Fsp3) is 0.722. The molecule has 0 spiro atoms. The van der Waals surface area contributed by atoms with Gasteiger partial charge in [0.25, 0.3) is 0 Å². The number of nitrogens with one attached hydrogen (secondary N) is 2. The molecule has 0 rings (SSSR count). The molecule has 10 nitrogen and oxygen atoms in total. The molecule has 0 bridgehead atoms. The van der Waals surface area contributed by atoms with E-state index in [-0.39, 0.29) is 37.9 Å². The normalized spacial score (nSPS) is 11.1. The van der Waals surface area contributed by atoms with Gasteiger partial charge in [-0.05, 0) is 12.8 Å². The van der Waals surface area contributed by atoms with Gasteiger partial charge >= 0.3 is 17.9 Å². The van der Waals surface area contributed by atoms with Gasteiger partial charge in [0.1, 0.15) is 13.2 Å². The maximum Gasteiger partial charge on any atom is 0.306 e. The van der Waals surface area contributed by atoms with E-state index in [1.165, 1.54) is 13.8 Å². The van der Waals surface area contributed by atoms with Crippen LogP contribution in [0.4, 0.5) is 0 Å². The number of ether oxygens (including phenoxy) is 3. The molecule has 1 atom stereocenters. The predicted molar refractivity (Wildman–Crippen MR) is 97.9 cm³/mol. The van der Waals surface area contributed by atoms with Crippen LogP contribution in [0.1, 0.15) is 52.4 Å². The van der Waals surface area contributed by atoms with Gasteiger partial charge in [-0.2, -0.15) is 0 Å². The third-order valence-corrected chi connectivity index (χ3v) is 3.47. The summed E-state index contributed by atoms with van der Waals surface area (Å²) in [6.07, 6.45) is 1.72. The Balaban J connectivity index is 3.89. The smallest absolute Gasteiger partial charge is 0.306 e. The van der Waals surface area contributed by atoms with Crippen molar-refractivity contribution in [2.45, 2.75) is 58.5 Å². The fourth-order valence-electron chi connectivity index (χ4n) is 2.06. The minimum absolute atomic E-state index is 0.00801. The third-order valence-electron chi connectivity index (χ3n) is 3.47. The van der Waals surface area contributed by atoms with Crippen LogP contribution in [0, 0.1) is 0 Å². The Kier molecular flexibility index (Phi) is 14.0. The summed E-state index contributed by atoms with van der Waals surface area (Å²) in [5.41, 5.74) is 0. The van der Waals surface area contributed by atoms with Crippen molar-refractivity contribution >= 4 is 29.7 Å². The van der Waals surface area contributed by atoms with Crippen molar-refractivity contribution in [3.63, 3.8) is 0 Å². The zero-order valence-electron chi connectivity index (χ0n) is 16.7. The van der Waals surface area contributed by atoms with Crippen molar-refractivity contribution in [3.8, 4) is 0 Å². The molecule has 0 aromatic heterocycles. The molecule has 0 aliphatic heterocycles. The van der Waals surface area contributed by atoms with Crippen LogP contribution in [0.2, 0.25) is 0 Å². The van der Waals surface area contributed by atoms with Crippen LogP contribution in [0.3, 0.4) is 0 Å². The maximum atomic E-state index is 11.7. The van der Waals surface area contributed by atoms with Crippen LogP contribution < -0.4 is 10.6 Å². The van der Waals surface area contributed by atoms with Crippen LogP contribution >= 0.6 is 0 Å². The van der Waals surface area contributed by atoms with Crippen LogP contribution in [0.25, 0.3) is 0 Å². The summed E-state index contributed by atoms with van der Waals surface area (Å²) in [6, 6.07) is 0. The number of unbranched alkanes of at least 4 members (excludes halogenated alkanes) is 2. The van der Waals surface area contributed by atoms with Crippen LogP contribution in [0.15, 0.2) is 0 Å². The zero-order valence-corrected chi connectivity index (χ0v) is 16.7. The van der Waals surface area contributed by atoms with Crippen molar-refractivity contribution in [3.05, 3.63) is 0 Å². The Bertz CT molecular complexity index is 536. The SMILES string of the molecule is CNC(=O)CCCCCNC(=O)CCC(=O)OCC(COC(C)=O)OC(C)=O. The minimum Gasteiger partial charge on any atom is -0.462 e. The van der Waals surface area contributed by atoms with Gasteiger partial charge in [-0.15, -0.1) is 0 Å². The molecule has 1 unspecified atom stereocenters. The molecule has 10 heteroatoms. The summed E-state index contributed by atoms with van der Waals surface area (Å²) in [6.45, 7) is 2.38. The summed E-state index contributed by atoms with van der Waals surface area (Å²) >= 11 is 0. The Hall–Kier alpha value is -2.65. The molecular weight excluding hydrogens is 372 g/mol. The summed E-state index contributed by atoms with van der Waals surface area (Å²) in [7, 11) is 1.59. The molecule has 0 aromatic carbocycles. The molecule has 2 N–H and O–H groups in total. The topological polar surface area (TPSA) is 137 Å². The van der Waals surface area contributed by atoms with E-state index >= 15 is 0 Å². The van der Waals surface area contributed by atoms with E-state index in [1.807, 2.05) is 0 Å². The summed E-state index contributed by atoms with van der Waals surface area (Å²) < 4.78 is 14.6. The first kappa shape index (κ1) is 25.4. The summed E-state index contributed by atoms with van der Waals surface area (Å²) in [4.78, 5) is 56.2. The highest BCUT2D eigenvalue weighted by Crippen LogP contribution is 2.01. The van der Waals surface area contributed by atoms with E-state index in [1.54, 1.807) is 7.05 Å². The van der Waals surface area contributed by atoms with Gasteiger partial charge < -0.3 is 24.8 Å². The Labute approximate surface area is 164 Å². The van der Waals surface area contributed by atoms with Gasteiger partial charge in [-0.1, -0.05) is 6.42 Å². The first-order valence-electron chi connectivity index (χ1n) is 9.18. The quantitative estimate of drug-likeness (QED) is 0.239. The van der Waals surface area contributed by atoms with Gasteiger partial charge in [-0.3, -0.25) is 24.0 Å². The van der Waals surface area contributed by atoms with E-state index in [2.05, 4.69) is 10.6 Å². The monoisotopic (exact) mass is 402 g/mol. The van der Waals surface area contributed by atoms with Crippen molar-refractivity contribution in [2.24, 2.45) is 0 Å². The second-order valence-electron chi connectivity index (χ2n) is 6.05. The molecule has 0 heterocycles. The average molecular weight is 402 g/mol. The largest absolute Gasteiger partial charge is 0.462 e. The van der Waals surface area contributed by atoms with E-state index in [0.29, 0.717) is 13.0 Å². The lowest BCUT2D eigenvalue weighted by Crippen LogP contribution is -2.30. The molecule has 0 aromatic rings. The van der Waals surface area contributed by atoms with Crippen molar-refractivity contribution in [2.75, 3.05) is 26.8 Å². The fourth-order valence-corrected chi connectivity index (χ4v) is 2.06. The average Bonchev–Trinajstić information content (AvgIpc) is 2.64. The van der Waals surface area contributed by atoms with Crippen LogP contribution in [0.5, 0.6) is 0 Å². The Morgan fingerprint density at radius 2 is 1.46 bits per heavy atom. The van der Waals surface area contributed by atoms with Gasteiger partial charge in [0.2, 0.25) is 11.8 Å². The summed E-state index contributed by atoms with van der Waals surface area (Å²) in [5.74, 6) is -2.05. The molecule has 28 heavy (non-hydrogen) atoms. The second-order valence-corrected chi connectivity index (χ2v) is 6.05. The molecule has 0 saturated heterocycles. The molecular formula is C18H30N2O8. The molecule has 2 amide bonds. The molecule has 160 valence electrons. The van der Waals surface area contributed by atoms with Gasteiger partial charge in [0.05, 0.1) is 6.42 Å². The molecule has 0 aliphatic carbocycles. The lowest BCUT2D eigenvalue weighted by molar-refractivity contribution is -0.164. The second kappa shape index (κ2) is 15.4. The van der Waals surface area contributed by atoms with Crippen LogP contribution in [-0.2, 0) is 38.2 Å². The summed E-state index contributed by atoms with van der Waals surface area (Å²) in [5, 5.41) is 5.23. The highest BCUT2D eigenvalue weighted by molar-refractivity contribution is 5.81. The Morgan fingerprint density at radius 3 is 2.07 bits per heavy atom. The number of rotatable bonds is 14. The van der Waals surface area contributed by atoms with Crippen molar-refractivity contribution < 1.29 is 38.2 Å². The lowest BCUT2D eigenvalue weighted by atomic mass is 10.2. The van der Waals surface area contributed by atoms with Gasteiger partial charge in [0.15, 0.2) is 6.10 Å². The van der Waals surface area contributed by atoms with E-state index in [4.69, 9.17) is 14.2 Å². The maximum absolute atomic E-state index is 11.7. The predicted octanol–water partition coefficient (Wildman–Crippen LogP) is 0.227. The first-order chi connectivity index (χ1) is 13.2. The number of esters is 3. The number of hydrogen-bond donors (Lipinski definition) is 2. The number of carbonyl (C=O) groups excluding carboxylic acids is 5. The minimum atomic E-state index is -0.894. The van der Waals surface area contributed by atoms with Crippen molar-refractivity contribution in [1.29, 1.82) is 0 Å². The number of amides is 2. The van der Waals surface area contributed by atoms with E-state index in [0.717, 1.165) is 19.3 Å². The van der Waals surface area contributed by atoms with Gasteiger partial charge in [0, 0.05) is 40.3 Å². The Morgan fingerprint density at radius 1 is 0.786 bits per heavy atom. The highest BCUT2D eigenvalue weighted by atomic mass is 16.6. The number of carbonyl (C=O) groups is 5. The molecule has 0 aliphatic rings. The standard InChI is InChI=1S/C18H30N2O8/c1-13(21)26-11-15(28-14(2)22)12-27-18(25)9-8-17(24)20-10-6-4-5-7-16(23)19-3/h15H,4-12H2,1-3H3,(H,19,23)(H,20,24). The molecule has 0 radical (unpaired) electrons. The van der Waals surface area contributed by atoms with E-state index in [9.17, 15) is 24.0 Å². The van der Waals surface area contributed by atoms with Crippen molar-refractivity contribution in [1.82, 2.24) is 10.6 Å². The number of hydrogen-bond acceptors (Lipinski definition) is 8. The molecule has 0 fully saturated rings. The van der Waals surface area contributed by atoms with E-state index < -0.39 is 24.0 Å². The van der Waals surface area contributed by atoms with Crippen LogP contribution in [-0.4, -0.2) is 62.6 Å². The highest BCUT2D eigenvalue weighted by Gasteiger charge is 2.17. The third kappa shape index (κ3) is 15.6. The first-order valence-corrected chi connectivity index (χ1v) is 9.18. The zero-order chi connectivity index (χ0) is 21.4. The molecule has 0 saturated carbocycles.